The molecule has 1 atom stereocenters. The molecule has 2 heteroatoms. The maximum Gasteiger partial charge on any atom is 0.123 e. The lowest BCUT2D eigenvalue weighted by molar-refractivity contribution is 0.414. The standard InChI is InChI=1S/C20H25FO/c1-16(15-18-7-11-19(21)12-8-18)5-3-4-6-17-9-13-20(22-2)14-10-17/h7-14,16H,3-6,15H2,1-2H3. The molecule has 0 fully saturated rings. The van der Waals surface area contributed by atoms with E-state index in [2.05, 4.69) is 19.1 Å². The van der Waals surface area contributed by atoms with Crippen molar-refractivity contribution in [2.45, 2.75) is 39.0 Å². The van der Waals surface area contributed by atoms with E-state index in [-0.39, 0.29) is 5.82 Å². The molecular formula is C20H25FO. The summed E-state index contributed by atoms with van der Waals surface area (Å²) < 4.78 is 18.0. The van der Waals surface area contributed by atoms with Gasteiger partial charge in [-0.15, -0.1) is 0 Å². The summed E-state index contributed by atoms with van der Waals surface area (Å²) in [6.07, 6.45) is 5.80. The SMILES string of the molecule is COc1ccc(CCCCC(C)Cc2ccc(F)cc2)cc1. The first-order valence-corrected chi connectivity index (χ1v) is 8.05. The van der Waals surface area contributed by atoms with Gasteiger partial charge in [-0.1, -0.05) is 44.0 Å². The average molecular weight is 300 g/mol. The Bertz CT molecular complexity index is 545. The highest BCUT2D eigenvalue weighted by atomic mass is 19.1. The number of methoxy groups -OCH3 is 1. The highest BCUT2D eigenvalue weighted by Crippen LogP contribution is 2.17. The Kier molecular flexibility index (Phi) is 6.45. The van der Waals surface area contributed by atoms with Crippen LogP contribution in [0.25, 0.3) is 0 Å². The minimum absolute atomic E-state index is 0.157. The zero-order chi connectivity index (χ0) is 15.8. The topological polar surface area (TPSA) is 9.23 Å². The molecule has 0 bridgehead atoms. The molecule has 0 spiro atoms. The summed E-state index contributed by atoms with van der Waals surface area (Å²) in [6.45, 7) is 2.27. The third-order valence-electron chi connectivity index (χ3n) is 4.07. The number of hydrogen-bond donors (Lipinski definition) is 0. The van der Waals surface area contributed by atoms with Crippen molar-refractivity contribution in [1.82, 2.24) is 0 Å². The van der Waals surface area contributed by atoms with E-state index in [9.17, 15) is 4.39 Å². The van der Waals surface area contributed by atoms with Gasteiger partial charge in [0.1, 0.15) is 11.6 Å². The predicted octanol–water partition coefficient (Wildman–Crippen LogP) is 5.43. The van der Waals surface area contributed by atoms with Crippen LogP contribution in [0.15, 0.2) is 48.5 Å². The summed E-state index contributed by atoms with van der Waals surface area (Å²) in [5.74, 6) is 1.40. The molecule has 0 saturated carbocycles. The Morgan fingerprint density at radius 3 is 2.18 bits per heavy atom. The average Bonchev–Trinajstić information content (AvgIpc) is 2.54. The van der Waals surface area contributed by atoms with Gasteiger partial charge in [-0.25, -0.2) is 4.39 Å². The first-order valence-electron chi connectivity index (χ1n) is 8.05. The maximum absolute atomic E-state index is 12.9. The first-order chi connectivity index (χ1) is 10.7. The number of ether oxygens (including phenoxy) is 1. The molecule has 118 valence electrons. The highest BCUT2D eigenvalue weighted by Gasteiger charge is 2.04. The van der Waals surface area contributed by atoms with Crippen LogP contribution >= 0.6 is 0 Å². The van der Waals surface area contributed by atoms with Crippen molar-refractivity contribution in [3.63, 3.8) is 0 Å². The van der Waals surface area contributed by atoms with Crippen LogP contribution in [0.1, 0.15) is 37.3 Å². The van der Waals surface area contributed by atoms with Gasteiger partial charge in [0.2, 0.25) is 0 Å². The lowest BCUT2D eigenvalue weighted by atomic mass is 9.95. The largest absolute Gasteiger partial charge is 0.497 e. The van der Waals surface area contributed by atoms with Crippen molar-refractivity contribution < 1.29 is 9.13 Å². The van der Waals surface area contributed by atoms with Crippen molar-refractivity contribution in [2.75, 3.05) is 7.11 Å². The summed E-state index contributed by atoms with van der Waals surface area (Å²) in [5.41, 5.74) is 2.59. The van der Waals surface area contributed by atoms with E-state index in [1.807, 2.05) is 24.3 Å². The van der Waals surface area contributed by atoms with E-state index in [4.69, 9.17) is 4.74 Å². The first kappa shape index (κ1) is 16.5. The number of halogens is 1. The molecule has 0 aliphatic carbocycles. The maximum atomic E-state index is 12.9. The van der Waals surface area contributed by atoms with Crippen LogP contribution in [0.4, 0.5) is 4.39 Å². The summed E-state index contributed by atoms with van der Waals surface area (Å²) in [7, 11) is 1.69. The zero-order valence-corrected chi connectivity index (χ0v) is 13.5. The molecule has 0 N–H and O–H groups in total. The third kappa shape index (κ3) is 5.51. The fourth-order valence-corrected chi connectivity index (χ4v) is 2.74. The van der Waals surface area contributed by atoms with Gasteiger partial charge in [-0.3, -0.25) is 0 Å². The summed E-state index contributed by atoms with van der Waals surface area (Å²) in [6, 6.07) is 15.2. The van der Waals surface area contributed by atoms with E-state index in [1.54, 1.807) is 19.2 Å². The quantitative estimate of drug-likeness (QED) is 0.591. The number of aryl methyl sites for hydroxylation is 1. The minimum atomic E-state index is -0.157. The number of hydrogen-bond acceptors (Lipinski definition) is 1. The fourth-order valence-electron chi connectivity index (χ4n) is 2.74. The minimum Gasteiger partial charge on any atom is -0.497 e. The zero-order valence-electron chi connectivity index (χ0n) is 13.5. The smallest absolute Gasteiger partial charge is 0.123 e. The molecule has 0 radical (unpaired) electrons. The second kappa shape index (κ2) is 8.57. The Morgan fingerprint density at radius 2 is 1.55 bits per heavy atom. The number of unbranched alkanes of at least 4 members (excludes halogenated alkanes) is 1. The molecule has 0 aliphatic rings. The summed E-state index contributed by atoms with van der Waals surface area (Å²) >= 11 is 0. The fraction of sp³-hybridized carbons (Fsp3) is 0.400. The second-order valence-corrected chi connectivity index (χ2v) is 6.03. The molecule has 0 heterocycles. The molecule has 0 aliphatic heterocycles. The van der Waals surface area contributed by atoms with E-state index < -0.39 is 0 Å². The van der Waals surface area contributed by atoms with Crippen LogP contribution in [0.3, 0.4) is 0 Å². The molecule has 1 nitrogen and oxygen atoms in total. The van der Waals surface area contributed by atoms with Crippen molar-refractivity contribution in [3.8, 4) is 5.75 Å². The van der Waals surface area contributed by atoms with Gasteiger partial charge >= 0.3 is 0 Å². The Balaban J connectivity index is 1.66. The van der Waals surface area contributed by atoms with Crippen molar-refractivity contribution in [2.24, 2.45) is 5.92 Å². The molecule has 0 aromatic heterocycles. The summed E-state index contributed by atoms with van der Waals surface area (Å²) in [5, 5.41) is 0. The Labute approximate surface area is 133 Å². The van der Waals surface area contributed by atoms with Crippen LogP contribution < -0.4 is 4.74 Å². The normalized spacial score (nSPS) is 12.1. The van der Waals surface area contributed by atoms with Crippen molar-refractivity contribution >= 4 is 0 Å². The monoisotopic (exact) mass is 300 g/mol. The van der Waals surface area contributed by atoms with Crippen LogP contribution in [0, 0.1) is 11.7 Å². The molecule has 2 rings (SSSR count). The van der Waals surface area contributed by atoms with E-state index in [0.717, 1.165) is 18.6 Å². The van der Waals surface area contributed by atoms with Gasteiger partial charge < -0.3 is 4.74 Å². The number of rotatable bonds is 8. The Morgan fingerprint density at radius 1 is 0.909 bits per heavy atom. The van der Waals surface area contributed by atoms with E-state index in [1.165, 1.54) is 30.4 Å². The Hall–Kier alpha value is -1.83. The van der Waals surface area contributed by atoms with Gasteiger partial charge in [0.05, 0.1) is 7.11 Å². The van der Waals surface area contributed by atoms with Crippen LogP contribution in [0.5, 0.6) is 5.75 Å². The van der Waals surface area contributed by atoms with Gasteiger partial charge in [0, 0.05) is 0 Å². The van der Waals surface area contributed by atoms with E-state index in [0.29, 0.717) is 5.92 Å². The van der Waals surface area contributed by atoms with Gasteiger partial charge in [-0.2, -0.15) is 0 Å². The van der Waals surface area contributed by atoms with Crippen molar-refractivity contribution in [3.05, 3.63) is 65.5 Å². The predicted molar refractivity (Wildman–Crippen MR) is 89.8 cm³/mol. The highest BCUT2D eigenvalue weighted by molar-refractivity contribution is 5.27. The molecule has 0 amide bonds. The molecule has 0 saturated heterocycles. The van der Waals surface area contributed by atoms with Gasteiger partial charge in [0.15, 0.2) is 0 Å². The third-order valence-corrected chi connectivity index (χ3v) is 4.07. The van der Waals surface area contributed by atoms with Gasteiger partial charge in [0.25, 0.3) is 0 Å². The molecule has 2 aromatic carbocycles. The molecule has 22 heavy (non-hydrogen) atoms. The van der Waals surface area contributed by atoms with Crippen LogP contribution in [-0.4, -0.2) is 7.11 Å². The van der Waals surface area contributed by atoms with Crippen LogP contribution in [0.2, 0.25) is 0 Å². The van der Waals surface area contributed by atoms with Crippen molar-refractivity contribution in [1.29, 1.82) is 0 Å². The lowest BCUT2D eigenvalue weighted by Crippen LogP contribution is -2.00. The van der Waals surface area contributed by atoms with E-state index >= 15 is 0 Å². The molecule has 2 aromatic rings. The lowest BCUT2D eigenvalue weighted by Gasteiger charge is -2.11. The molecular weight excluding hydrogens is 275 g/mol. The van der Waals surface area contributed by atoms with Crippen LogP contribution in [-0.2, 0) is 12.8 Å². The van der Waals surface area contributed by atoms with Gasteiger partial charge in [-0.05, 0) is 60.6 Å². The molecule has 1 unspecified atom stereocenters. The second-order valence-electron chi connectivity index (χ2n) is 6.03. The number of benzene rings is 2. The summed E-state index contributed by atoms with van der Waals surface area (Å²) in [4.78, 5) is 0.